The number of hydrogen-bond acceptors (Lipinski definition) is 2. The minimum Gasteiger partial charge on any atom is -0.294 e. The summed E-state index contributed by atoms with van der Waals surface area (Å²) in [5, 5.41) is 0.0833. The smallest absolute Gasteiger partial charge is 0.173 e. The minimum atomic E-state index is -0.460. The Morgan fingerprint density at radius 3 is 2.14 bits per heavy atom. The summed E-state index contributed by atoms with van der Waals surface area (Å²) < 4.78 is 0. The molecule has 1 aliphatic heterocycles. The molecule has 3 heteroatoms. The predicted octanol–water partition coefficient (Wildman–Crippen LogP) is 3.79. The highest BCUT2D eigenvalue weighted by atomic mass is 32.2. The van der Waals surface area contributed by atoms with Crippen LogP contribution in [-0.4, -0.2) is 16.4 Å². The molecular formula is C18H16O2S. The summed E-state index contributed by atoms with van der Waals surface area (Å²) in [6, 6.07) is 19.9. The topological polar surface area (TPSA) is 34.1 Å². The van der Waals surface area contributed by atoms with Gasteiger partial charge in [-0.25, -0.2) is 0 Å². The third-order valence-corrected chi connectivity index (χ3v) is 6.36. The van der Waals surface area contributed by atoms with E-state index in [4.69, 9.17) is 0 Å². The van der Waals surface area contributed by atoms with Crippen LogP contribution in [0.4, 0.5) is 0 Å². The van der Waals surface area contributed by atoms with Crippen LogP contribution < -0.4 is 0 Å². The molecule has 2 atom stereocenters. The van der Waals surface area contributed by atoms with E-state index in [9.17, 15) is 9.59 Å². The van der Waals surface area contributed by atoms with E-state index >= 15 is 0 Å². The molecule has 0 N–H and O–H groups in total. The van der Waals surface area contributed by atoms with Gasteiger partial charge in [-0.2, -0.15) is 0 Å². The molecule has 0 amide bonds. The van der Waals surface area contributed by atoms with Crippen LogP contribution in [0, 0.1) is 0 Å². The standard InChI is InChI=1S/C18H16O2S/c1-13(19)18-16(20)12-17(14-8-4-2-5-9-14)21(18)15-10-6-3-7-11-15/h2-11,17H,12H2,1H3. The number of carbonyl (C=O) groups is 2. The molecule has 0 bridgehead atoms. The fourth-order valence-electron chi connectivity index (χ4n) is 2.73. The minimum absolute atomic E-state index is 0.00328. The highest BCUT2D eigenvalue weighted by Crippen LogP contribution is 2.49. The van der Waals surface area contributed by atoms with E-state index in [1.807, 2.05) is 60.7 Å². The second-order valence-corrected chi connectivity index (χ2v) is 7.19. The summed E-state index contributed by atoms with van der Waals surface area (Å²) in [4.78, 5) is 25.9. The van der Waals surface area contributed by atoms with Crippen molar-refractivity contribution < 1.29 is 9.59 Å². The normalized spacial score (nSPS) is 21.6. The van der Waals surface area contributed by atoms with Crippen LogP contribution >= 0.6 is 10.5 Å². The van der Waals surface area contributed by atoms with Crippen LogP contribution in [0.5, 0.6) is 0 Å². The molecule has 0 aromatic heterocycles. The fourth-order valence-corrected chi connectivity index (χ4v) is 5.42. The van der Waals surface area contributed by atoms with Gasteiger partial charge < -0.3 is 0 Å². The molecule has 106 valence electrons. The third kappa shape index (κ3) is 2.61. The van der Waals surface area contributed by atoms with Gasteiger partial charge in [-0.3, -0.25) is 9.59 Å². The lowest BCUT2D eigenvalue weighted by atomic mass is 10.1. The van der Waals surface area contributed by atoms with Crippen molar-refractivity contribution >= 4 is 26.9 Å². The average molecular weight is 296 g/mol. The zero-order valence-corrected chi connectivity index (χ0v) is 12.6. The number of Topliss-reactive ketones (excluding diaryl/α,β-unsaturated/α-hetero) is 2. The van der Waals surface area contributed by atoms with Crippen molar-refractivity contribution in [2.45, 2.75) is 23.5 Å². The number of ketones is 2. The Morgan fingerprint density at radius 1 is 1.00 bits per heavy atom. The average Bonchev–Trinajstić information content (AvgIpc) is 2.86. The van der Waals surface area contributed by atoms with Gasteiger partial charge in [0.2, 0.25) is 0 Å². The molecule has 3 rings (SSSR count). The molecule has 2 unspecified atom stereocenters. The maximum atomic E-state index is 12.3. The summed E-state index contributed by atoms with van der Waals surface area (Å²) in [7, 11) is -0.460. The second-order valence-electron chi connectivity index (χ2n) is 5.06. The summed E-state index contributed by atoms with van der Waals surface area (Å²) >= 11 is 0. The van der Waals surface area contributed by atoms with Crippen molar-refractivity contribution in [3.8, 4) is 0 Å². The lowest BCUT2D eigenvalue weighted by Crippen LogP contribution is -2.16. The van der Waals surface area contributed by atoms with Crippen LogP contribution in [0.15, 0.2) is 65.6 Å². The van der Waals surface area contributed by atoms with Crippen LogP contribution in [0.1, 0.15) is 24.2 Å². The Balaban J connectivity index is 2.19. The van der Waals surface area contributed by atoms with E-state index in [2.05, 4.69) is 0 Å². The highest BCUT2D eigenvalue weighted by molar-refractivity contribution is 8.18. The monoisotopic (exact) mass is 296 g/mol. The number of carbonyl (C=O) groups excluding carboxylic acids is 2. The van der Waals surface area contributed by atoms with Crippen LogP contribution in [0.25, 0.3) is 0 Å². The van der Waals surface area contributed by atoms with Gasteiger partial charge in [0, 0.05) is 16.6 Å². The lowest BCUT2D eigenvalue weighted by Gasteiger charge is -2.17. The van der Waals surface area contributed by atoms with Gasteiger partial charge in [0.15, 0.2) is 11.6 Å². The van der Waals surface area contributed by atoms with Gasteiger partial charge in [0.05, 0.1) is 4.86 Å². The van der Waals surface area contributed by atoms with Crippen molar-refractivity contribution in [1.29, 1.82) is 0 Å². The third-order valence-electron chi connectivity index (χ3n) is 3.62. The van der Waals surface area contributed by atoms with E-state index in [1.165, 1.54) is 6.92 Å². The van der Waals surface area contributed by atoms with Crippen LogP contribution in [0.3, 0.4) is 0 Å². The molecule has 21 heavy (non-hydrogen) atoms. The summed E-state index contributed by atoms with van der Waals surface area (Å²) in [6.07, 6.45) is 0.428. The quantitative estimate of drug-likeness (QED) is 0.808. The summed E-state index contributed by atoms with van der Waals surface area (Å²) in [5.41, 5.74) is 1.13. The van der Waals surface area contributed by atoms with E-state index in [0.29, 0.717) is 11.3 Å². The van der Waals surface area contributed by atoms with E-state index in [-0.39, 0.29) is 16.8 Å². The van der Waals surface area contributed by atoms with E-state index < -0.39 is 10.5 Å². The van der Waals surface area contributed by atoms with Crippen molar-refractivity contribution in [3.63, 3.8) is 0 Å². The Kier molecular flexibility index (Phi) is 3.84. The van der Waals surface area contributed by atoms with Gasteiger partial charge in [0.1, 0.15) is 0 Å². The zero-order valence-electron chi connectivity index (χ0n) is 11.8. The largest absolute Gasteiger partial charge is 0.294 e. The SMILES string of the molecule is CC(=O)C1=S(c2ccccc2)C(c2ccccc2)CC1=O. The molecule has 2 nitrogen and oxygen atoms in total. The van der Waals surface area contributed by atoms with Crippen LogP contribution in [0.2, 0.25) is 0 Å². The predicted molar refractivity (Wildman–Crippen MR) is 86.8 cm³/mol. The number of hydrogen-bond donors (Lipinski definition) is 0. The molecule has 1 aliphatic rings. The fraction of sp³-hybridized carbons (Fsp3) is 0.167. The van der Waals surface area contributed by atoms with Gasteiger partial charge >= 0.3 is 0 Å². The van der Waals surface area contributed by atoms with Crippen LogP contribution in [-0.2, 0) is 9.59 Å². The molecule has 0 saturated carbocycles. The molecule has 0 fully saturated rings. The Labute approximate surface area is 126 Å². The molecule has 2 aromatic rings. The first-order valence-corrected chi connectivity index (χ1v) is 8.21. The van der Waals surface area contributed by atoms with Crippen molar-refractivity contribution in [2.24, 2.45) is 0 Å². The molecule has 0 radical (unpaired) electrons. The summed E-state index contributed by atoms with van der Waals surface area (Å²) in [5.74, 6) is -0.0887. The zero-order chi connectivity index (χ0) is 14.8. The van der Waals surface area contributed by atoms with Crippen molar-refractivity contribution in [3.05, 3.63) is 66.2 Å². The van der Waals surface area contributed by atoms with Gasteiger partial charge in [-0.05, 0) is 24.6 Å². The first kappa shape index (κ1) is 14.0. The Hall–Kier alpha value is -2.00. The number of rotatable bonds is 3. The molecule has 2 aromatic carbocycles. The molecule has 1 heterocycles. The first-order valence-electron chi connectivity index (χ1n) is 6.92. The first-order chi connectivity index (χ1) is 10.2. The molecular weight excluding hydrogens is 280 g/mol. The maximum absolute atomic E-state index is 12.3. The molecule has 0 saturated heterocycles. The van der Waals surface area contributed by atoms with Crippen molar-refractivity contribution in [2.75, 3.05) is 0 Å². The van der Waals surface area contributed by atoms with E-state index in [0.717, 1.165) is 10.5 Å². The van der Waals surface area contributed by atoms with E-state index in [1.54, 1.807) is 0 Å². The lowest BCUT2D eigenvalue weighted by molar-refractivity contribution is -0.115. The molecule has 0 spiro atoms. The van der Waals surface area contributed by atoms with Gasteiger partial charge in [-0.15, -0.1) is 10.5 Å². The van der Waals surface area contributed by atoms with Gasteiger partial charge in [0.25, 0.3) is 0 Å². The maximum Gasteiger partial charge on any atom is 0.173 e. The highest BCUT2D eigenvalue weighted by Gasteiger charge is 2.35. The summed E-state index contributed by atoms with van der Waals surface area (Å²) in [6.45, 7) is 1.50. The molecule has 0 aliphatic carbocycles. The van der Waals surface area contributed by atoms with Gasteiger partial charge in [-0.1, -0.05) is 48.5 Å². The second kappa shape index (κ2) is 5.78. The Morgan fingerprint density at radius 2 is 1.57 bits per heavy atom. The number of benzene rings is 2. The Bertz CT molecular complexity index is 717. The van der Waals surface area contributed by atoms with Crippen molar-refractivity contribution in [1.82, 2.24) is 0 Å².